The molecule has 0 aromatic heterocycles. The highest BCUT2D eigenvalue weighted by Gasteiger charge is 2.16. The van der Waals surface area contributed by atoms with Crippen molar-refractivity contribution in [2.75, 3.05) is 5.32 Å². The Morgan fingerprint density at radius 1 is 1.30 bits per heavy atom. The van der Waals surface area contributed by atoms with E-state index >= 15 is 0 Å². The number of nitro benzene ring substituents is 1. The summed E-state index contributed by atoms with van der Waals surface area (Å²) in [6, 6.07) is 10.1. The van der Waals surface area contributed by atoms with Crippen LogP contribution < -0.4 is 5.32 Å². The van der Waals surface area contributed by atoms with E-state index in [9.17, 15) is 14.5 Å². The summed E-state index contributed by atoms with van der Waals surface area (Å²) in [5.41, 5.74) is 0.927. The number of hydrogen-bond donors (Lipinski definition) is 1. The van der Waals surface area contributed by atoms with Gasteiger partial charge in [-0.1, -0.05) is 23.7 Å². The van der Waals surface area contributed by atoms with Crippen LogP contribution in [0.4, 0.5) is 15.8 Å². The lowest BCUT2D eigenvalue weighted by atomic mass is 10.1. The second-order valence-electron chi connectivity index (χ2n) is 4.34. The van der Waals surface area contributed by atoms with Gasteiger partial charge in [0.2, 0.25) is 0 Å². The smallest absolute Gasteiger partial charge is 0.292 e. The Morgan fingerprint density at radius 2 is 2.05 bits per heavy atom. The van der Waals surface area contributed by atoms with Gasteiger partial charge >= 0.3 is 0 Å². The standard InChI is InChI=1S/C14H12ClFN2O2/c1-9(10-3-2-4-12(16)7-10)17-13-8-11(15)5-6-14(13)18(19)20/h2-9,17H,1H3. The predicted molar refractivity (Wildman–Crippen MR) is 76.5 cm³/mol. The van der Waals surface area contributed by atoms with E-state index in [1.807, 2.05) is 0 Å². The Labute approximate surface area is 120 Å². The summed E-state index contributed by atoms with van der Waals surface area (Å²) in [5.74, 6) is -0.350. The van der Waals surface area contributed by atoms with Crippen molar-refractivity contribution in [3.63, 3.8) is 0 Å². The maximum atomic E-state index is 13.2. The SMILES string of the molecule is CC(Nc1cc(Cl)ccc1[N+](=O)[O-])c1cccc(F)c1. The maximum Gasteiger partial charge on any atom is 0.292 e. The zero-order chi connectivity index (χ0) is 14.7. The molecule has 1 atom stereocenters. The van der Waals surface area contributed by atoms with E-state index in [4.69, 9.17) is 11.6 Å². The van der Waals surface area contributed by atoms with Gasteiger partial charge in [-0.25, -0.2) is 4.39 Å². The van der Waals surface area contributed by atoms with Crippen molar-refractivity contribution in [2.45, 2.75) is 13.0 Å². The predicted octanol–water partition coefficient (Wildman–Crippen LogP) is 4.56. The summed E-state index contributed by atoms with van der Waals surface area (Å²) >= 11 is 5.85. The summed E-state index contributed by atoms with van der Waals surface area (Å²) in [7, 11) is 0. The first-order valence-corrected chi connectivity index (χ1v) is 6.31. The van der Waals surface area contributed by atoms with E-state index in [2.05, 4.69) is 5.32 Å². The highest BCUT2D eigenvalue weighted by atomic mass is 35.5. The topological polar surface area (TPSA) is 55.2 Å². The first-order valence-electron chi connectivity index (χ1n) is 5.93. The molecule has 1 unspecified atom stereocenters. The molecule has 2 aromatic carbocycles. The molecule has 2 rings (SSSR count). The van der Waals surface area contributed by atoms with Crippen LogP contribution in [0.25, 0.3) is 0 Å². The quantitative estimate of drug-likeness (QED) is 0.664. The van der Waals surface area contributed by atoms with Crippen LogP contribution in [-0.4, -0.2) is 4.92 Å². The van der Waals surface area contributed by atoms with Crippen LogP contribution in [0.2, 0.25) is 5.02 Å². The largest absolute Gasteiger partial charge is 0.373 e. The number of nitro groups is 1. The van der Waals surface area contributed by atoms with Gasteiger partial charge in [-0.15, -0.1) is 0 Å². The molecule has 2 aromatic rings. The Hall–Kier alpha value is -2.14. The van der Waals surface area contributed by atoms with Crippen LogP contribution in [0.15, 0.2) is 42.5 Å². The van der Waals surface area contributed by atoms with E-state index in [1.54, 1.807) is 19.1 Å². The van der Waals surface area contributed by atoms with Crippen molar-refractivity contribution in [3.8, 4) is 0 Å². The molecule has 0 aliphatic carbocycles. The molecular formula is C14H12ClFN2O2. The molecule has 0 spiro atoms. The zero-order valence-electron chi connectivity index (χ0n) is 10.6. The Balaban J connectivity index is 2.29. The number of halogens is 2. The average molecular weight is 295 g/mol. The normalized spacial score (nSPS) is 11.9. The van der Waals surface area contributed by atoms with Gasteiger partial charge in [-0.3, -0.25) is 10.1 Å². The van der Waals surface area contributed by atoms with E-state index in [-0.39, 0.29) is 17.5 Å². The average Bonchev–Trinajstić information content (AvgIpc) is 2.38. The van der Waals surface area contributed by atoms with Gasteiger partial charge < -0.3 is 5.32 Å². The molecule has 0 bridgehead atoms. The molecule has 0 radical (unpaired) electrons. The summed E-state index contributed by atoms with van der Waals surface area (Å²) < 4.78 is 13.2. The Bertz CT molecular complexity index is 649. The van der Waals surface area contributed by atoms with E-state index < -0.39 is 4.92 Å². The number of anilines is 1. The first-order chi connectivity index (χ1) is 9.47. The highest BCUT2D eigenvalue weighted by molar-refractivity contribution is 6.31. The molecule has 104 valence electrons. The van der Waals surface area contributed by atoms with Crippen LogP contribution in [-0.2, 0) is 0 Å². The van der Waals surface area contributed by atoms with Gasteiger partial charge in [-0.05, 0) is 36.8 Å². The Morgan fingerprint density at radius 3 is 2.70 bits per heavy atom. The molecule has 6 heteroatoms. The lowest BCUT2D eigenvalue weighted by Crippen LogP contribution is -2.08. The summed E-state index contributed by atoms with van der Waals surface area (Å²) in [4.78, 5) is 10.5. The van der Waals surface area contributed by atoms with Gasteiger partial charge in [0.05, 0.1) is 4.92 Å². The molecule has 20 heavy (non-hydrogen) atoms. The second-order valence-corrected chi connectivity index (χ2v) is 4.78. The summed E-state index contributed by atoms with van der Waals surface area (Å²) in [6.07, 6.45) is 0. The molecule has 0 saturated heterocycles. The molecule has 4 nitrogen and oxygen atoms in total. The van der Waals surface area contributed by atoms with Crippen LogP contribution in [0.3, 0.4) is 0 Å². The van der Waals surface area contributed by atoms with E-state index in [1.165, 1.54) is 30.3 Å². The maximum absolute atomic E-state index is 13.2. The third-order valence-corrected chi connectivity index (χ3v) is 3.11. The second kappa shape index (κ2) is 5.88. The number of nitrogens with one attached hydrogen (secondary N) is 1. The first kappa shape index (κ1) is 14.3. The van der Waals surface area contributed by atoms with E-state index in [0.717, 1.165) is 0 Å². The molecule has 0 aliphatic rings. The van der Waals surface area contributed by atoms with Crippen LogP contribution in [0, 0.1) is 15.9 Å². The van der Waals surface area contributed by atoms with Crippen molar-refractivity contribution in [1.29, 1.82) is 0 Å². The Kier molecular flexibility index (Phi) is 4.20. The van der Waals surface area contributed by atoms with Crippen molar-refractivity contribution in [2.24, 2.45) is 0 Å². The highest BCUT2D eigenvalue weighted by Crippen LogP contribution is 2.30. The molecule has 1 N–H and O–H groups in total. The number of benzene rings is 2. The lowest BCUT2D eigenvalue weighted by molar-refractivity contribution is -0.384. The minimum absolute atomic E-state index is 0.0716. The summed E-state index contributed by atoms with van der Waals surface area (Å²) in [6.45, 7) is 1.79. The van der Waals surface area contributed by atoms with Gasteiger partial charge in [0.25, 0.3) is 5.69 Å². The van der Waals surface area contributed by atoms with Crippen molar-refractivity contribution in [3.05, 3.63) is 69.0 Å². The van der Waals surface area contributed by atoms with Gasteiger partial charge in [0, 0.05) is 17.1 Å². The molecular weight excluding hydrogens is 283 g/mol. The third kappa shape index (κ3) is 3.24. The summed E-state index contributed by atoms with van der Waals surface area (Å²) in [5, 5.41) is 14.3. The zero-order valence-corrected chi connectivity index (χ0v) is 11.4. The molecule has 0 aliphatic heterocycles. The number of nitrogens with zero attached hydrogens (tertiary/aromatic N) is 1. The van der Waals surface area contributed by atoms with Crippen molar-refractivity contribution >= 4 is 23.0 Å². The number of hydrogen-bond acceptors (Lipinski definition) is 3. The molecule has 0 heterocycles. The molecule has 0 fully saturated rings. The van der Waals surface area contributed by atoms with Crippen LogP contribution >= 0.6 is 11.6 Å². The fourth-order valence-electron chi connectivity index (χ4n) is 1.88. The fourth-order valence-corrected chi connectivity index (χ4v) is 2.05. The fraction of sp³-hybridized carbons (Fsp3) is 0.143. The van der Waals surface area contributed by atoms with Gasteiger partial charge in [-0.2, -0.15) is 0 Å². The van der Waals surface area contributed by atoms with E-state index in [0.29, 0.717) is 16.3 Å². The van der Waals surface area contributed by atoms with Gasteiger partial charge in [0.15, 0.2) is 0 Å². The number of rotatable bonds is 4. The minimum atomic E-state index is -0.489. The van der Waals surface area contributed by atoms with Gasteiger partial charge in [0.1, 0.15) is 11.5 Å². The molecule has 0 saturated carbocycles. The molecule has 0 amide bonds. The minimum Gasteiger partial charge on any atom is -0.373 e. The lowest BCUT2D eigenvalue weighted by Gasteiger charge is -2.16. The monoisotopic (exact) mass is 294 g/mol. The van der Waals surface area contributed by atoms with Crippen molar-refractivity contribution in [1.82, 2.24) is 0 Å². The van der Waals surface area contributed by atoms with Crippen LogP contribution in [0.1, 0.15) is 18.5 Å². The third-order valence-electron chi connectivity index (χ3n) is 2.88. The van der Waals surface area contributed by atoms with Crippen molar-refractivity contribution < 1.29 is 9.31 Å². The van der Waals surface area contributed by atoms with Crippen LogP contribution in [0.5, 0.6) is 0 Å².